The topological polar surface area (TPSA) is 104 Å². The number of aryl methyl sites for hydroxylation is 1. The van der Waals surface area contributed by atoms with Gasteiger partial charge in [0.15, 0.2) is 11.5 Å². The second kappa shape index (κ2) is 9.86. The number of nitrogens with zero attached hydrogens (tertiary/aromatic N) is 3. The van der Waals surface area contributed by atoms with E-state index >= 15 is 0 Å². The third-order valence-corrected chi connectivity index (χ3v) is 9.42. The van der Waals surface area contributed by atoms with Gasteiger partial charge in [-0.05, 0) is 69.3 Å². The zero-order chi connectivity index (χ0) is 28.5. The number of carbonyl (C=O) groups is 1. The molecule has 1 saturated heterocycles. The van der Waals surface area contributed by atoms with Gasteiger partial charge in [0.05, 0.1) is 25.3 Å². The number of aromatic hydroxyl groups is 1. The molecule has 1 N–H and O–H groups in total. The molecular weight excluding hydrogens is 510 g/mol. The Morgan fingerprint density at radius 1 is 1.15 bits per heavy atom. The van der Waals surface area contributed by atoms with Gasteiger partial charge < -0.3 is 24.1 Å². The van der Waals surface area contributed by atoms with E-state index in [1.165, 1.54) is 11.1 Å². The minimum atomic E-state index is -0.478. The van der Waals surface area contributed by atoms with Crippen LogP contribution in [-0.2, 0) is 22.4 Å². The van der Waals surface area contributed by atoms with Crippen LogP contribution in [0.3, 0.4) is 0 Å². The summed E-state index contributed by atoms with van der Waals surface area (Å²) in [7, 11) is 3.80. The highest BCUT2D eigenvalue weighted by molar-refractivity contribution is 5.70. The number of esters is 1. The summed E-state index contributed by atoms with van der Waals surface area (Å²) < 4.78 is 23.4. The van der Waals surface area contributed by atoms with Crippen LogP contribution in [0.25, 0.3) is 0 Å². The van der Waals surface area contributed by atoms with E-state index in [0.29, 0.717) is 36.3 Å². The molecule has 2 bridgehead atoms. The zero-order valence-corrected chi connectivity index (χ0v) is 24.0. The third kappa shape index (κ3) is 3.69. The zero-order valence-electron chi connectivity index (χ0n) is 24.0. The number of hydrogen-bond donors (Lipinski definition) is 1. The molecule has 9 nitrogen and oxygen atoms in total. The first-order chi connectivity index (χ1) is 19.2. The van der Waals surface area contributed by atoms with Gasteiger partial charge in [-0.3, -0.25) is 14.6 Å². The molecule has 5 atom stereocenters. The molecule has 2 aromatic rings. The second-order valence-electron chi connectivity index (χ2n) is 11.5. The molecule has 0 amide bonds. The average Bonchev–Trinajstić information content (AvgIpc) is 3.41. The lowest BCUT2D eigenvalue weighted by atomic mass is 9.71. The number of likely N-dealkylation sites (N-methyl/N-ethyl adjacent to an activating group) is 1. The Bertz CT molecular complexity index is 1430. The van der Waals surface area contributed by atoms with Crippen LogP contribution in [0.2, 0.25) is 0 Å². The van der Waals surface area contributed by atoms with Crippen molar-refractivity contribution < 1.29 is 28.8 Å². The van der Waals surface area contributed by atoms with Gasteiger partial charge in [-0.1, -0.05) is 13.0 Å². The first-order valence-electron chi connectivity index (χ1n) is 14.1. The van der Waals surface area contributed by atoms with Crippen molar-refractivity contribution in [3.63, 3.8) is 0 Å². The van der Waals surface area contributed by atoms with Crippen LogP contribution in [0.15, 0.2) is 6.07 Å². The monoisotopic (exact) mass is 547 g/mol. The quantitative estimate of drug-likeness (QED) is 0.552. The molecule has 2 aromatic carbocycles. The molecule has 1 fully saturated rings. The van der Waals surface area contributed by atoms with Gasteiger partial charge in [0.25, 0.3) is 0 Å². The fraction of sp³-hybridized carbons (Fsp3) is 0.548. The number of hydrogen-bond acceptors (Lipinski definition) is 9. The molecule has 4 aliphatic rings. The maximum absolute atomic E-state index is 12.6. The first kappa shape index (κ1) is 26.7. The summed E-state index contributed by atoms with van der Waals surface area (Å²) >= 11 is 0. The Hall–Kier alpha value is -3.48. The molecular formula is C31H37N3O6. The summed E-state index contributed by atoms with van der Waals surface area (Å²) in [4.78, 5) is 17.2. The Kier molecular flexibility index (Phi) is 6.59. The summed E-state index contributed by atoms with van der Waals surface area (Å²) in [6.45, 7) is 8.06. The average molecular weight is 548 g/mol. The van der Waals surface area contributed by atoms with Crippen molar-refractivity contribution in [3.05, 3.63) is 45.0 Å². The van der Waals surface area contributed by atoms with E-state index in [1.807, 2.05) is 13.8 Å². The van der Waals surface area contributed by atoms with Crippen molar-refractivity contribution in [2.75, 3.05) is 27.6 Å². The Labute approximate surface area is 235 Å². The third-order valence-electron chi connectivity index (χ3n) is 9.42. The fourth-order valence-electron chi connectivity index (χ4n) is 7.79. The molecule has 0 radical (unpaired) electrons. The number of fused-ring (bicyclic) bond motifs is 9. The minimum absolute atomic E-state index is 0.0548. The molecule has 0 aliphatic carbocycles. The highest BCUT2D eigenvalue weighted by atomic mass is 16.7. The number of nitriles is 1. The summed E-state index contributed by atoms with van der Waals surface area (Å²) in [5.41, 5.74) is 6.82. The largest absolute Gasteiger partial charge is 0.507 e. The van der Waals surface area contributed by atoms with Crippen molar-refractivity contribution in [1.82, 2.24) is 9.80 Å². The number of rotatable bonds is 5. The predicted molar refractivity (Wildman–Crippen MR) is 147 cm³/mol. The van der Waals surface area contributed by atoms with E-state index in [-0.39, 0.29) is 43.2 Å². The second-order valence-corrected chi connectivity index (χ2v) is 11.5. The van der Waals surface area contributed by atoms with E-state index in [4.69, 9.17) is 18.9 Å². The molecule has 0 spiro atoms. The van der Waals surface area contributed by atoms with Crippen molar-refractivity contribution in [2.24, 2.45) is 0 Å². The Balaban J connectivity index is 1.57. The molecule has 1 unspecified atom stereocenters. The molecule has 0 aromatic heterocycles. The molecule has 4 heterocycles. The van der Waals surface area contributed by atoms with Gasteiger partial charge in [0.1, 0.15) is 24.1 Å². The molecule has 40 heavy (non-hydrogen) atoms. The van der Waals surface area contributed by atoms with Crippen LogP contribution < -0.4 is 14.2 Å². The number of phenols is 1. The highest BCUT2D eigenvalue weighted by Gasteiger charge is 2.56. The van der Waals surface area contributed by atoms with Gasteiger partial charge in [-0.2, -0.15) is 5.26 Å². The fourth-order valence-corrected chi connectivity index (χ4v) is 7.79. The summed E-state index contributed by atoms with van der Waals surface area (Å²) in [5, 5.41) is 22.2. The highest BCUT2D eigenvalue weighted by Crippen LogP contribution is 2.57. The van der Waals surface area contributed by atoms with Crippen molar-refractivity contribution in [3.8, 4) is 29.1 Å². The smallest absolute Gasteiger partial charge is 0.305 e. The standard InChI is InChI=1S/C31H37N3O6/c1-7-8-24(35)38-13-23-26-19(28(36)17(4)30-31(26)40-14-39-30)11-21-27-25-16(3)29(37-6)15(2)9-18(25)10-20(33(27)5)22(12-32)34(21)23/h9,20-23,27,36H,7-8,10-11,13-14H2,1-6H3/t20-,21?,22+,23+,27+/m1/s1. The lowest BCUT2D eigenvalue weighted by molar-refractivity contribution is -0.149. The van der Waals surface area contributed by atoms with Crippen molar-refractivity contribution >= 4 is 5.97 Å². The van der Waals surface area contributed by atoms with Crippen LogP contribution in [-0.4, -0.2) is 66.6 Å². The van der Waals surface area contributed by atoms with Gasteiger partial charge in [0.2, 0.25) is 6.79 Å². The number of phenolic OH excluding ortho intramolecular Hbond substituents is 1. The van der Waals surface area contributed by atoms with Crippen LogP contribution in [0.4, 0.5) is 0 Å². The Morgan fingerprint density at radius 3 is 2.60 bits per heavy atom. The number of benzene rings is 2. The van der Waals surface area contributed by atoms with Crippen LogP contribution in [0, 0.1) is 32.1 Å². The normalized spacial score (nSPS) is 26.4. The van der Waals surface area contributed by atoms with Gasteiger partial charge >= 0.3 is 5.97 Å². The van der Waals surface area contributed by atoms with E-state index in [1.54, 1.807) is 7.11 Å². The van der Waals surface area contributed by atoms with Gasteiger partial charge in [-0.15, -0.1) is 0 Å². The van der Waals surface area contributed by atoms with E-state index in [0.717, 1.165) is 34.4 Å². The minimum Gasteiger partial charge on any atom is -0.507 e. The van der Waals surface area contributed by atoms with E-state index in [2.05, 4.69) is 42.8 Å². The molecule has 9 heteroatoms. The predicted octanol–water partition coefficient (Wildman–Crippen LogP) is 4.17. The molecule has 212 valence electrons. The molecule has 0 saturated carbocycles. The number of piperazine rings is 1. The number of ether oxygens (including phenoxy) is 4. The van der Waals surface area contributed by atoms with Crippen LogP contribution in [0.1, 0.15) is 70.8 Å². The Morgan fingerprint density at radius 2 is 1.90 bits per heavy atom. The van der Waals surface area contributed by atoms with E-state index in [9.17, 15) is 15.2 Å². The molecule has 6 rings (SSSR count). The van der Waals surface area contributed by atoms with Gasteiger partial charge in [-0.25, -0.2) is 0 Å². The summed E-state index contributed by atoms with van der Waals surface area (Å²) in [5.74, 6) is 1.87. The SMILES string of the molecule is CCCC(=O)OC[C@H]1c2c(c(O)c(C)c3c2OCO3)CC2[C@H]3c4c(cc(C)c(OC)c4C)C[C@H]([C@H](C#N)N21)N3C. The van der Waals surface area contributed by atoms with Crippen LogP contribution in [0.5, 0.6) is 23.0 Å². The summed E-state index contributed by atoms with van der Waals surface area (Å²) in [6.07, 6.45) is 2.24. The first-order valence-corrected chi connectivity index (χ1v) is 14.1. The number of carbonyl (C=O) groups excluding carboxylic acids is 1. The van der Waals surface area contributed by atoms with Gasteiger partial charge in [0, 0.05) is 35.2 Å². The van der Waals surface area contributed by atoms with Crippen LogP contribution >= 0.6 is 0 Å². The van der Waals surface area contributed by atoms with Crippen molar-refractivity contribution in [2.45, 2.75) is 83.6 Å². The lowest BCUT2D eigenvalue weighted by Gasteiger charge is -2.60. The maximum Gasteiger partial charge on any atom is 0.305 e. The number of methoxy groups -OCH3 is 1. The van der Waals surface area contributed by atoms with Crippen molar-refractivity contribution in [1.29, 1.82) is 5.26 Å². The molecule has 4 aliphatic heterocycles. The maximum atomic E-state index is 12.6. The summed E-state index contributed by atoms with van der Waals surface area (Å²) in [6, 6.07) is 3.60. The van der Waals surface area contributed by atoms with E-state index < -0.39 is 12.1 Å². The lowest BCUT2D eigenvalue weighted by Crippen LogP contribution is -2.68.